The molecule has 164 valence electrons. The van der Waals surface area contributed by atoms with Crippen LogP contribution in [0.15, 0.2) is 29.3 Å². The number of rotatable bonds is 6. The number of piperazine rings is 1. The van der Waals surface area contributed by atoms with Crippen molar-refractivity contribution in [2.24, 2.45) is 4.99 Å². The average molecular weight is 413 g/mol. The highest BCUT2D eigenvalue weighted by Crippen LogP contribution is 2.26. The van der Waals surface area contributed by atoms with Crippen molar-refractivity contribution in [1.29, 1.82) is 0 Å². The van der Waals surface area contributed by atoms with Gasteiger partial charge in [0.2, 0.25) is 5.91 Å². The fourth-order valence-corrected chi connectivity index (χ4v) is 4.86. The predicted molar refractivity (Wildman–Crippen MR) is 122 cm³/mol. The maximum Gasteiger partial charge on any atom is 0.239 e. The summed E-state index contributed by atoms with van der Waals surface area (Å²) >= 11 is 0. The van der Waals surface area contributed by atoms with Gasteiger partial charge in [0.25, 0.3) is 0 Å². The Morgan fingerprint density at radius 1 is 1.17 bits per heavy atom. The summed E-state index contributed by atoms with van der Waals surface area (Å²) in [6.45, 7) is 7.96. The summed E-state index contributed by atoms with van der Waals surface area (Å²) in [5.41, 5.74) is 2.27. The first-order chi connectivity index (χ1) is 14.7. The minimum atomic E-state index is 0.0923. The van der Waals surface area contributed by atoms with E-state index in [2.05, 4.69) is 56.9 Å². The van der Waals surface area contributed by atoms with Crippen LogP contribution in [0.3, 0.4) is 0 Å². The molecule has 3 fully saturated rings. The third kappa shape index (κ3) is 5.45. The second-order valence-electron chi connectivity index (χ2n) is 8.70. The van der Waals surface area contributed by atoms with Gasteiger partial charge >= 0.3 is 0 Å². The van der Waals surface area contributed by atoms with Crippen LogP contribution in [-0.4, -0.2) is 68.1 Å². The number of carbonyl (C=O) groups excluding carboxylic acids is 1. The second-order valence-corrected chi connectivity index (χ2v) is 8.70. The largest absolute Gasteiger partial charge is 0.360 e. The summed E-state index contributed by atoms with van der Waals surface area (Å²) in [5, 5.41) is 9.92. The van der Waals surface area contributed by atoms with E-state index in [1.165, 1.54) is 44.2 Å². The van der Waals surface area contributed by atoms with Gasteiger partial charge in [-0.2, -0.15) is 0 Å². The first-order valence-corrected chi connectivity index (χ1v) is 11.6. The van der Waals surface area contributed by atoms with Gasteiger partial charge in [0.05, 0.1) is 13.1 Å². The fourth-order valence-electron chi connectivity index (χ4n) is 4.86. The first-order valence-electron chi connectivity index (χ1n) is 11.6. The summed E-state index contributed by atoms with van der Waals surface area (Å²) in [4.78, 5) is 21.2. The average Bonchev–Trinajstić information content (AvgIpc) is 3.45. The summed E-state index contributed by atoms with van der Waals surface area (Å²) in [6, 6.07) is 9.72. The fraction of sp³-hybridized carbons (Fsp3) is 0.652. The summed E-state index contributed by atoms with van der Waals surface area (Å²) in [7, 11) is 0. The van der Waals surface area contributed by atoms with Crippen molar-refractivity contribution in [3.8, 4) is 0 Å². The van der Waals surface area contributed by atoms with Crippen LogP contribution in [0, 0.1) is 0 Å². The molecule has 4 rings (SSSR count). The van der Waals surface area contributed by atoms with Crippen LogP contribution in [0.5, 0.6) is 0 Å². The molecule has 0 aromatic heterocycles. The molecule has 1 aromatic rings. The molecule has 2 heterocycles. The molecule has 1 atom stereocenters. The molecule has 1 saturated carbocycles. The number of hydrogen-bond acceptors (Lipinski definition) is 4. The van der Waals surface area contributed by atoms with E-state index >= 15 is 0 Å². The number of nitrogens with zero attached hydrogens (tertiary/aromatic N) is 3. The minimum absolute atomic E-state index is 0.0923. The lowest BCUT2D eigenvalue weighted by Crippen LogP contribution is -2.47. The van der Waals surface area contributed by atoms with Crippen LogP contribution in [0.25, 0.3) is 0 Å². The lowest BCUT2D eigenvalue weighted by Gasteiger charge is -2.28. The zero-order chi connectivity index (χ0) is 20.8. The molecule has 2 saturated heterocycles. The SMILES string of the molecule is CCNC(=NCc1ccc(N2CCNC(=O)C2)cc1)NC1CCN(C2CCCC2)C1. The maximum absolute atomic E-state index is 11.6. The van der Waals surface area contributed by atoms with Gasteiger partial charge in [-0.3, -0.25) is 9.69 Å². The lowest BCUT2D eigenvalue weighted by atomic mass is 10.2. The number of hydrogen-bond donors (Lipinski definition) is 3. The van der Waals surface area contributed by atoms with E-state index < -0.39 is 0 Å². The van der Waals surface area contributed by atoms with Gasteiger partial charge in [-0.25, -0.2) is 4.99 Å². The topological polar surface area (TPSA) is 72.0 Å². The molecule has 7 nitrogen and oxygen atoms in total. The molecule has 30 heavy (non-hydrogen) atoms. The maximum atomic E-state index is 11.6. The van der Waals surface area contributed by atoms with E-state index in [9.17, 15) is 4.79 Å². The number of benzene rings is 1. The Morgan fingerprint density at radius 2 is 1.97 bits per heavy atom. The van der Waals surface area contributed by atoms with Crippen LogP contribution < -0.4 is 20.9 Å². The zero-order valence-corrected chi connectivity index (χ0v) is 18.2. The van der Waals surface area contributed by atoms with E-state index in [0.717, 1.165) is 37.3 Å². The number of likely N-dealkylation sites (tertiary alicyclic amines) is 1. The third-order valence-electron chi connectivity index (χ3n) is 6.51. The standard InChI is InChI=1S/C23H36N6O/c1-2-24-23(27-19-11-13-28(16-19)20-5-3-4-6-20)26-15-18-7-9-21(10-8-18)29-14-12-25-22(30)17-29/h7-10,19-20H,2-6,11-17H2,1H3,(H,25,30)(H2,24,26,27). The number of nitrogens with one attached hydrogen (secondary N) is 3. The van der Waals surface area contributed by atoms with E-state index in [1.54, 1.807) is 0 Å². The Bertz CT molecular complexity index is 728. The van der Waals surface area contributed by atoms with Crippen molar-refractivity contribution >= 4 is 17.6 Å². The van der Waals surface area contributed by atoms with Crippen molar-refractivity contribution in [2.75, 3.05) is 44.2 Å². The quantitative estimate of drug-likeness (QED) is 0.490. The van der Waals surface area contributed by atoms with Crippen molar-refractivity contribution in [3.05, 3.63) is 29.8 Å². The molecule has 3 aliphatic rings. The van der Waals surface area contributed by atoms with Crippen LogP contribution in [0.1, 0.15) is 44.6 Å². The Labute approximate surface area is 180 Å². The Kier molecular flexibility index (Phi) is 7.10. The van der Waals surface area contributed by atoms with Gasteiger partial charge in [0.1, 0.15) is 0 Å². The van der Waals surface area contributed by atoms with Crippen molar-refractivity contribution in [1.82, 2.24) is 20.9 Å². The summed E-state index contributed by atoms with van der Waals surface area (Å²) < 4.78 is 0. The normalized spacial score (nSPS) is 23.6. The van der Waals surface area contributed by atoms with Crippen LogP contribution in [-0.2, 0) is 11.3 Å². The molecule has 0 bridgehead atoms. The lowest BCUT2D eigenvalue weighted by molar-refractivity contribution is -0.120. The van der Waals surface area contributed by atoms with Gasteiger partial charge in [0, 0.05) is 50.5 Å². The molecule has 1 aromatic carbocycles. The highest BCUT2D eigenvalue weighted by molar-refractivity contribution is 5.82. The Hall–Kier alpha value is -2.28. The molecular formula is C23H36N6O. The number of aliphatic imine (C=N–C) groups is 1. The molecule has 0 radical (unpaired) electrons. The zero-order valence-electron chi connectivity index (χ0n) is 18.2. The van der Waals surface area contributed by atoms with E-state index in [0.29, 0.717) is 25.7 Å². The van der Waals surface area contributed by atoms with Crippen molar-refractivity contribution in [2.45, 2.75) is 57.7 Å². The number of amides is 1. The van der Waals surface area contributed by atoms with Gasteiger partial charge in [-0.15, -0.1) is 0 Å². The van der Waals surface area contributed by atoms with Crippen LogP contribution >= 0.6 is 0 Å². The molecule has 3 N–H and O–H groups in total. The molecule has 1 aliphatic carbocycles. The Balaban J connectivity index is 1.30. The molecule has 1 unspecified atom stereocenters. The van der Waals surface area contributed by atoms with Crippen molar-refractivity contribution < 1.29 is 4.79 Å². The van der Waals surface area contributed by atoms with E-state index in [4.69, 9.17) is 4.99 Å². The molecule has 7 heteroatoms. The first kappa shape index (κ1) is 21.0. The molecule has 1 amide bonds. The monoisotopic (exact) mass is 412 g/mol. The van der Waals surface area contributed by atoms with Gasteiger partial charge in [-0.05, 0) is 43.9 Å². The summed E-state index contributed by atoms with van der Waals surface area (Å²) in [6.07, 6.45) is 6.73. The van der Waals surface area contributed by atoms with E-state index in [-0.39, 0.29) is 5.91 Å². The van der Waals surface area contributed by atoms with E-state index in [1.807, 2.05) is 0 Å². The molecular weight excluding hydrogens is 376 g/mol. The number of carbonyl (C=O) groups is 1. The molecule has 2 aliphatic heterocycles. The van der Waals surface area contributed by atoms with Crippen LogP contribution in [0.4, 0.5) is 5.69 Å². The second kappa shape index (κ2) is 10.2. The van der Waals surface area contributed by atoms with Gasteiger partial charge in [-0.1, -0.05) is 25.0 Å². The highest BCUT2D eigenvalue weighted by atomic mass is 16.2. The Morgan fingerprint density at radius 3 is 2.70 bits per heavy atom. The van der Waals surface area contributed by atoms with Gasteiger partial charge in [0.15, 0.2) is 5.96 Å². The predicted octanol–water partition coefficient (Wildman–Crippen LogP) is 1.69. The minimum Gasteiger partial charge on any atom is -0.360 e. The highest BCUT2D eigenvalue weighted by Gasteiger charge is 2.30. The molecule has 0 spiro atoms. The number of guanidine groups is 1. The van der Waals surface area contributed by atoms with Crippen molar-refractivity contribution in [3.63, 3.8) is 0 Å². The smallest absolute Gasteiger partial charge is 0.239 e. The number of anilines is 1. The summed E-state index contributed by atoms with van der Waals surface area (Å²) in [5.74, 6) is 1.00. The van der Waals surface area contributed by atoms with Gasteiger partial charge < -0.3 is 20.9 Å². The third-order valence-corrected chi connectivity index (χ3v) is 6.51. The van der Waals surface area contributed by atoms with Crippen LogP contribution in [0.2, 0.25) is 0 Å².